The van der Waals surface area contributed by atoms with E-state index in [-0.39, 0.29) is 110 Å². The number of benzene rings is 4. The number of nitro groups is 1. The van der Waals surface area contributed by atoms with Crippen molar-refractivity contribution >= 4 is 91.8 Å². The Hall–Kier alpha value is -10.0. The number of aromatic nitrogens is 4. The molecule has 29 heteroatoms. The molecule has 0 spiro atoms. The Morgan fingerprint density at radius 3 is 1.47 bits per heavy atom. The summed E-state index contributed by atoms with van der Waals surface area (Å²) in [6.45, 7) is 24.3. The number of rotatable bonds is 13. The molecule has 3 amide bonds. The maximum Gasteiger partial charge on any atom is 0.410 e. The van der Waals surface area contributed by atoms with Crippen LogP contribution in [0.5, 0.6) is 11.5 Å². The minimum absolute atomic E-state index is 0.0489. The molecule has 2 fully saturated rings. The zero-order valence-electron chi connectivity index (χ0n) is 60.7. The summed E-state index contributed by atoms with van der Waals surface area (Å²) in [6, 6.07) is 10.5. The van der Waals surface area contributed by atoms with Gasteiger partial charge in [-0.1, -0.05) is 76.9 Å². The van der Waals surface area contributed by atoms with Gasteiger partial charge in [0.1, 0.15) is 57.8 Å². The van der Waals surface area contributed by atoms with E-state index >= 15 is 17.6 Å². The van der Waals surface area contributed by atoms with Gasteiger partial charge in [-0.15, -0.1) is 0 Å². The molecule has 4 aromatic heterocycles. The predicted molar refractivity (Wildman–Crippen MR) is 390 cm³/mol. The number of carbonyl (C=O) groups is 4. The van der Waals surface area contributed by atoms with Crippen LogP contribution in [0.3, 0.4) is 0 Å². The Balaban J connectivity index is 0.000000224. The van der Waals surface area contributed by atoms with Crippen molar-refractivity contribution in [3.63, 3.8) is 0 Å². The van der Waals surface area contributed by atoms with Crippen molar-refractivity contribution in [1.29, 1.82) is 0 Å². The second-order valence-corrected chi connectivity index (χ2v) is 29.0. The van der Waals surface area contributed by atoms with Crippen LogP contribution >= 0.6 is 23.2 Å². The SMILES string of the molecule is CCc1ccnc(C(C)C)c1-n1c(=O)c([N+](=O)[O-])c(N2C[C@@H](C)N(C(=O)OC(C)(C)C)C[C@@H]2C(=O)OC)c2cc(Cl)c(-c3c(F)cccc3OC)c(F)c21.CCc1ccnc(C(C)C)c1-n1c(=O)c2c(c3cc(Cl)c(-c4c(F)cccc4OC)c(F)c31)N1C[C@@H](C)N(C(=O)OC(C)(C)C)C[C@@H]1C(=O)N2. The van der Waals surface area contributed by atoms with Crippen molar-refractivity contribution in [2.75, 3.05) is 62.6 Å². The Morgan fingerprint density at radius 1 is 0.625 bits per heavy atom. The van der Waals surface area contributed by atoms with Gasteiger partial charge >= 0.3 is 29.4 Å². The number of amides is 3. The quantitative estimate of drug-likeness (QED) is 0.0370. The third-order valence-corrected chi connectivity index (χ3v) is 19.0. The number of piperazine rings is 2. The molecule has 0 radical (unpaired) electrons. The fourth-order valence-electron chi connectivity index (χ4n) is 13.8. The summed E-state index contributed by atoms with van der Waals surface area (Å²) in [5.74, 6) is -5.75. The van der Waals surface area contributed by atoms with Gasteiger partial charge in [-0.05, 0) is 140 Å². The van der Waals surface area contributed by atoms with E-state index < -0.39 is 121 Å². The van der Waals surface area contributed by atoms with E-state index in [1.54, 1.807) is 92.5 Å². The Bertz CT molecular complexity index is 4940. The zero-order valence-corrected chi connectivity index (χ0v) is 62.2. The maximum absolute atomic E-state index is 17.8. The van der Waals surface area contributed by atoms with Gasteiger partial charge in [-0.3, -0.25) is 43.6 Å². The maximum atomic E-state index is 17.8. The van der Waals surface area contributed by atoms with Crippen molar-refractivity contribution in [2.45, 2.75) is 157 Å². The minimum atomic E-state index is -1.43. The van der Waals surface area contributed by atoms with Crippen LogP contribution in [0.1, 0.15) is 131 Å². The molecule has 552 valence electrons. The van der Waals surface area contributed by atoms with Crippen LogP contribution in [0.4, 0.5) is 49.9 Å². The third kappa shape index (κ3) is 13.9. The van der Waals surface area contributed by atoms with Gasteiger partial charge in [-0.25, -0.2) is 31.9 Å². The summed E-state index contributed by atoms with van der Waals surface area (Å²) in [4.78, 5) is 111. The number of aryl methyl sites for hydroxylation is 2. The highest BCUT2D eigenvalue weighted by Gasteiger charge is 2.48. The third-order valence-electron chi connectivity index (χ3n) is 18.4. The highest BCUT2D eigenvalue weighted by atomic mass is 35.5. The van der Waals surface area contributed by atoms with Gasteiger partial charge < -0.3 is 48.6 Å². The number of nitrogens with zero attached hydrogens (tertiary/aromatic N) is 9. The first-order valence-corrected chi connectivity index (χ1v) is 34.6. The first-order valence-electron chi connectivity index (χ1n) is 33.9. The largest absolute Gasteiger partial charge is 0.496 e. The number of hydrogen-bond donors (Lipinski definition) is 1. The standard InChI is InChI=1S/C38H42ClF2N5O8.C37H40ClF2N5O5/c1-10-21-14-15-42-30(19(2)3)31(21)45-32-22(16-23(39)27(29(32)41)28-24(40)12-11-13-26(28)52-8)33(34(35(45)47)46(50)51)44-17-20(4)43(18-25(44)36(48)53-9)37(49)54-38(5,6)7;1-9-20-13-14-41-29(18(2)3)31(20)45-32-21(15-22(38)26(28(32)40)27-23(39)11-10-12-25(27)49-8)33-30(35(45)47)42-34(46)24-17-43(19(4)16-44(24)33)36(48)50-37(5,6)7/h11-16,19-20,25H,10,17-18H2,1-9H3;10-15,18-19,24H,9,16-17H2,1-8H3,(H,42,46)/t20-,25-;19-,24-/m11/s1. The lowest BCUT2D eigenvalue weighted by Crippen LogP contribution is -2.65. The number of fused-ring (bicyclic) bond motifs is 6. The van der Waals surface area contributed by atoms with E-state index in [2.05, 4.69) is 15.3 Å². The number of esters is 1. The molecule has 3 aliphatic rings. The van der Waals surface area contributed by atoms with Crippen molar-refractivity contribution in [3.8, 4) is 45.1 Å². The second-order valence-electron chi connectivity index (χ2n) is 28.2. The average Bonchev–Trinajstić information content (AvgIpc) is 0.713. The van der Waals surface area contributed by atoms with E-state index in [4.69, 9.17) is 46.9 Å². The lowest BCUT2D eigenvalue weighted by Gasteiger charge is -2.48. The zero-order chi connectivity index (χ0) is 76.4. The van der Waals surface area contributed by atoms with Crippen molar-refractivity contribution < 1.29 is 65.3 Å². The van der Waals surface area contributed by atoms with Crippen LogP contribution in [0.25, 0.3) is 55.4 Å². The van der Waals surface area contributed by atoms with Gasteiger partial charge in [-0.2, -0.15) is 0 Å². The average molecular weight is 1480 g/mol. The number of nitrogens with one attached hydrogen (secondary N) is 1. The van der Waals surface area contributed by atoms with Crippen LogP contribution in [-0.4, -0.2) is 141 Å². The van der Waals surface area contributed by atoms with E-state index in [1.807, 2.05) is 27.7 Å². The summed E-state index contributed by atoms with van der Waals surface area (Å²) in [5, 5.41) is 15.4. The molecule has 4 atom stereocenters. The van der Waals surface area contributed by atoms with Crippen LogP contribution < -0.4 is 35.7 Å². The minimum Gasteiger partial charge on any atom is -0.496 e. The highest BCUT2D eigenvalue weighted by Crippen LogP contribution is 2.50. The topological polar surface area (TPSA) is 252 Å². The Labute approximate surface area is 607 Å². The smallest absolute Gasteiger partial charge is 0.410 e. The van der Waals surface area contributed by atoms with Gasteiger partial charge in [0, 0.05) is 59.5 Å². The van der Waals surface area contributed by atoms with Crippen LogP contribution in [-0.2, 0) is 36.6 Å². The van der Waals surface area contributed by atoms with Crippen molar-refractivity contribution in [3.05, 3.63) is 160 Å². The summed E-state index contributed by atoms with van der Waals surface area (Å²) in [7, 11) is 3.72. The molecule has 0 bridgehead atoms. The van der Waals surface area contributed by atoms with E-state index in [0.29, 0.717) is 41.0 Å². The van der Waals surface area contributed by atoms with Crippen molar-refractivity contribution in [1.82, 2.24) is 28.9 Å². The Morgan fingerprint density at radius 2 is 1.06 bits per heavy atom. The number of pyridine rings is 4. The first-order chi connectivity index (χ1) is 49.0. The lowest BCUT2D eigenvalue weighted by atomic mass is 9.95. The summed E-state index contributed by atoms with van der Waals surface area (Å²) in [6.07, 6.45) is 2.64. The van der Waals surface area contributed by atoms with Crippen LogP contribution in [0.15, 0.2) is 82.6 Å². The molecule has 0 unspecified atom stereocenters. The van der Waals surface area contributed by atoms with Gasteiger partial charge in [0.25, 0.3) is 5.56 Å². The lowest BCUT2D eigenvalue weighted by molar-refractivity contribution is -0.385. The number of anilines is 3. The molecule has 0 saturated carbocycles. The van der Waals surface area contributed by atoms with Gasteiger partial charge in [0.05, 0.1) is 100.0 Å². The second kappa shape index (κ2) is 29.6. The molecule has 1 N–H and O–H groups in total. The fraction of sp³-hybridized carbons (Fsp3) is 0.413. The fourth-order valence-corrected chi connectivity index (χ4v) is 14.4. The summed E-state index contributed by atoms with van der Waals surface area (Å²) >= 11 is 13.7. The summed E-state index contributed by atoms with van der Waals surface area (Å²) in [5.41, 5.74) is -4.20. The molecular weight excluding hydrogens is 1400 g/mol. The van der Waals surface area contributed by atoms with E-state index in [9.17, 15) is 38.9 Å². The molecule has 0 aliphatic carbocycles. The van der Waals surface area contributed by atoms with Gasteiger partial charge in [0.2, 0.25) is 5.91 Å². The molecule has 4 aromatic carbocycles. The number of methoxy groups -OCH3 is 3. The Kier molecular flexibility index (Phi) is 21.8. The molecular formula is C75H82Cl2F4N10O13. The summed E-state index contributed by atoms with van der Waals surface area (Å²) < 4.78 is 95.9. The van der Waals surface area contributed by atoms with E-state index in [0.717, 1.165) is 17.7 Å². The monoisotopic (exact) mass is 1480 g/mol. The molecule has 104 heavy (non-hydrogen) atoms. The number of hydrogen-bond acceptors (Lipinski definition) is 17. The molecule has 11 rings (SSSR count). The first kappa shape index (κ1) is 76.6. The molecule has 3 aliphatic heterocycles. The molecule has 8 aromatic rings. The van der Waals surface area contributed by atoms with Crippen molar-refractivity contribution in [2.24, 2.45) is 0 Å². The highest BCUT2D eigenvalue weighted by molar-refractivity contribution is 6.35. The predicted octanol–water partition coefficient (Wildman–Crippen LogP) is 15.0. The molecule has 7 heterocycles. The number of carbonyl (C=O) groups excluding carboxylic acids is 4. The molecule has 23 nitrogen and oxygen atoms in total. The van der Waals surface area contributed by atoms with Crippen LogP contribution in [0, 0.1) is 33.4 Å². The normalized spacial score (nSPS) is 16.8. The molecule has 2 saturated heterocycles. The van der Waals surface area contributed by atoms with Crippen LogP contribution in [0.2, 0.25) is 10.0 Å². The number of ether oxygens (including phenoxy) is 5. The number of halogens is 6. The van der Waals surface area contributed by atoms with Gasteiger partial charge in [0.15, 0.2) is 11.6 Å². The van der Waals surface area contributed by atoms with E-state index in [1.165, 1.54) is 82.1 Å².